The predicted octanol–water partition coefficient (Wildman–Crippen LogP) is 3.80. The van der Waals surface area contributed by atoms with Gasteiger partial charge in [-0.25, -0.2) is 4.98 Å². The Kier molecular flexibility index (Phi) is 7.44. The van der Waals surface area contributed by atoms with Crippen molar-refractivity contribution < 1.29 is 9.59 Å². The molecule has 0 radical (unpaired) electrons. The van der Waals surface area contributed by atoms with E-state index >= 15 is 0 Å². The van der Waals surface area contributed by atoms with Crippen molar-refractivity contribution in [2.24, 2.45) is 0 Å². The Labute approximate surface area is 186 Å². The van der Waals surface area contributed by atoms with Crippen molar-refractivity contribution in [1.29, 1.82) is 0 Å². The lowest BCUT2D eigenvalue weighted by molar-refractivity contribution is -0.132. The summed E-state index contributed by atoms with van der Waals surface area (Å²) in [6, 6.07) is 7.48. The van der Waals surface area contributed by atoms with Gasteiger partial charge >= 0.3 is 0 Å². The number of rotatable bonds is 8. The summed E-state index contributed by atoms with van der Waals surface area (Å²) in [6.45, 7) is 7.28. The number of aromatic nitrogens is 2. The highest BCUT2D eigenvalue weighted by molar-refractivity contribution is 8.26. The molecule has 1 saturated heterocycles. The quantitative estimate of drug-likeness (QED) is 0.383. The van der Waals surface area contributed by atoms with Crippen LogP contribution in [0.15, 0.2) is 47.9 Å². The van der Waals surface area contributed by atoms with Crippen molar-refractivity contribution in [2.45, 2.75) is 45.7 Å². The zero-order chi connectivity index (χ0) is 21.7. The summed E-state index contributed by atoms with van der Waals surface area (Å²) in [4.78, 5) is 31.4. The van der Waals surface area contributed by atoms with E-state index in [0.29, 0.717) is 21.7 Å². The number of benzene rings is 1. The van der Waals surface area contributed by atoms with Crippen molar-refractivity contribution in [3.05, 3.63) is 59.0 Å². The van der Waals surface area contributed by atoms with Crippen LogP contribution in [-0.4, -0.2) is 43.2 Å². The minimum Gasteiger partial charge on any atom is -0.354 e. The Hall–Kier alpha value is -2.45. The first-order valence-electron chi connectivity index (χ1n) is 9.97. The first-order valence-corrected chi connectivity index (χ1v) is 11.2. The molecule has 0 spiro atoms. The SMILES string of the molecule is CC(C)c1ccc(C=C2SC(=S)N(C(C)C(=O)NCCCn3ccnc3)C2=O)cc1. The smallest absolute Gasteiger partial charge is 0.266 e. The van der Waals surface area contributed by atoms with Gasteiger partial charge in [-0.15, -0.1) is 0 Å². The molecule has 0 bridgehead atoms. The van der Waals surface area contributed by atoms with Crippen molar-refractivity contribution in [3.63, 3.8) is 0 Å². The summed E-state index contributed by atoms with van der Waals surface area (Å²) in [5, 5.41) is 2.89. The van der Waals surface area contributed by atoms with Crippen LogP contribution >= 0.6 is 24.0 Å². The highest BCUT2D eigenvalue weighted by Crippen LogP contribution is 2.34. The van der Waals surface area contributed by atoms with Crippen molar-refractivity contribution >= 4 is 46.2 Å². The normalized spacial score (nSPS) is 16.5. The standard InChI is InChI=1S/C22H26N4O2S2/c1-15(2)18-7-5-17(6-8-18)13-19-21(28)26(22(29)30-19)16(3)20(27)24-9-4-11-25-12-10-23-14-25/h5-8,10,12-16H,4,9,11H2,1-3H3,(H,24,27). The maximum atomic E-state index is 12.9. The van der Waals surface area contributed by atoms with Gasteiger partial charge in [0.25, 0.3) is 5.91 Å². The summed E-state index contributed by atoms with van der Waals surface area (Å²) >= 11 is 6.63. The molecule has 1 aliphatic rings. The maximum absolute atomic E-state index is 12.9. The monoisotopic (exact) mass is 442 g/mol. The fourth-order valence-corrected chi connectivity index (χ4v) is 4.52. The van der Waals surface area contributed by atoms with Gasteiger partial charge in [0.05, 0.1) is 11.2 Å². The number of imidazole rings is 1. The van der Waals surface area contributed by atoms with Crippen molar-refractivity contribution in [1.82, 2.24) is 19.8 Å². The average Bonchev–Trinajstić information content (AvgIpc) is 3.33. The van der Waals surface area contributed by atoms with Crippen molar-refractivity contribution in [3.8, 4) is 0 Å². The van der Waals surface area contributed by atoms with Gasteiger partial charge in [0.1, 0.15) is 10.4 Å². The van der Waals surface area contributed by atoms with Crippen LogP contribution in [0.2, 0.25) is 0 Å². The molecule has 30 heavy (non-hydrogen) atoms. The van der Waals surface area contributed by atoms with E-state index in [2.05, 4.69) is 36.3 Å². The Morgan fingerprint density at radius 1 is 1.27 bits per heavy atom. The molecule has 8 heteroatoms. The molecule has 1 fully saturated rings. The van der Waals surface area contributed by atoms with Gasteiger partial charge in [-0.2, -0.15) is 0 Å². The van der Waals surface area contributed by atoms with Gasteiger partial charge in [0.15, 0.2) is 0 Å². The third-order valence-corrected chi connectivity index (χ3v) is 6.27. The Morgan fingerprint density at radius 2 is 2.00 bits per heavy atom. The molecular weight excluding hydrogens is 416 g/mol. The van der Waals surface area contributed by atoms with Gasteiger partial charge in [0, 0.05) is 25.5 Å². The van der Waals surface area contributed by atoms with Crippen molar-refractivity contribution in [2.75, 3.05) is 6.54 Å². The minimum atomic E-state index is -0.653. The summed E-state index contributed by atoms with van der Waals surface area (Å²) in [5.74, 6) is 0.0232. The van der Waals surface area contributed by atoms with Crippen LogP contribution in [0.5, 0.6) is 0 Å². The van der Waals surface area contributed by atoms with Crippen LogP contribution in [0.3, 0.4) is 0 Å². The zero-order valence-corrected chi connectivity index (χ0v) is 19.0. The molecule has 1 aliphatic heterocycles. The molecule has 2 amide bonds. The molecule has 0 saturated carbocycles. The van der Waals surface area contributed by atoms with E-state index in [1.165, 1.54) is 22.2 Å². The molecule has 1 aromatic carbocycles. The number of hydrogen-bond donors (Lipinski definition) is 1. The molecule has 2 aromatic rings. The molecule has 158 valence electrons. The number of carbonyl (C=O) groups is 2. The van der Waals surface area contributed by atoms with Crippen LogP contribution < -0.4 is 5.32 Å². The minimum absolute atomic E-state index is 0.209. The van der Waals surface area contributed by atoms with Gasteiger partial charge in [-0.05, 0) is 36.5 Å². The first kappa shape index (κ1) is 22.2. The number of amides is 2. The van der Waals surface area contributed by atoms with E-state index < -0.39 is 6.04 Å². The summed E-state index contributed by atoms with van der Waals surface area (Å²) < 4.78 is 2.36. The highest BCUT2D eigenvalue weighted by Gasteiger charge is 2.38. The largest absolute Gasteiger partial charge is 0.354 e. The number of nitrogens with zero attached hydrogens (tertiary/aromatic N) is 3. The van der Waals surface area contributed by atoms with Gasteiger partial charge in [-0.3, -0.25) is 14.5 Å². The number of nitrogens with one attached hydrogen (secondary N) is 1. The average molecular weight is 443 g/mol. The Balaban J connectivity index is 1.58. The zero-order valence-electron chi connectivity index (χ0n) is 17.4. The third kappa shape index (κ3) is 5.37. The lowest BCUT2D eigenvalue weighted by Gasteiger charge is -2.22. The second-order valence-electron chi connectivity index (χ2n) is 7.49. The number of carbonyl (C=O) groups excluding carboxylic acids is 2. The molecule has 6 nitrogen and oxygen atoms in total. The van der Waals surface area contributed by atoms with E-state index in [1.54, 1.807) is 19.4 Å². The van der Waals surface area contributed by atoms with Gasteiger partial charge in [-0.1, -0.05) is 62.1 Å². The van der Waals surface area contributed by atoms with Gasteiger partial charge < -0.3 is 9.88 Å². The fraction of sp³-hybridized carbons (Fsp3) is 0.364. The van der Waals surface area contributed by atoms with E-state index in [4.69, 9.17) is 12.2 Å². The number of thioether (sulfide) groups is 1. The van der Waals surface area contributed by atoms with Crippen LogP contribution in [-0.2, 0) is 16.1 Å². The summed E-state index contributed by atoms with van der Waals surface area (Å²) in [5.41, 5.74) is 2.19. The highest BCUT2D eigenvalue weighted by atomic mass is 32.2. The predicted molar refractivity (Wildman–Crippen MR) is 125 cm³/mol. The van der Waals surface area contributed by atoms with Crippen LogP contribution in [0.4, 0.5) is 0 Å². The summed E-state index contributed by atoms with van der Waals surface area (Å²) in [6.07, 6.45) is 7.96. The Morgan fingerprint density at radius 3 is 2.63 bits per heavy atom. The maximum Gasteiger partial charge on any atom is 0.266 e. The van der Waals surface area contributed by atoms with E-state index in [1.807, 2.05) is 29.0 Å². The lowest BCUT2D eigenvalue weighted by Crippen LogP contribution is -2.47. The topological polar surface area (TPSA) is 67.2 Å². The third-order valence-electron chi connectivity index (χ3n) is 4.94. The molecule has 0 aliphatic carbocycles. The number of thiocarbonyl (C=S) groups is 1. The van der Waals surface area contributed by atoms with E-state index in [-0.39, 0.29) is 11.8 Å². The number of aryl methyl sites for hydroxylation is 1. The van der Waals surface area contributed by atoms with E-state index in [0.717, 1.165) is 18.5 Å². The molecule has 1 N–H and O–H groups in total. The van der Waals surface area contributed by atoms with Crippen LogP contribution in [0.25, 0.3) is 6.08 Å². The molecule has 1 atom stereocenters. The molecule has 2 heterocycles. The summed E-state index contributed by atoms with van der Waals surface area (Å²) in [7, 11) is 0. The number of hydrogen-bond acceptors (Lipinski definition) is 5. The van der Waals surface area contributed by atoms with Crippen LogP contribution in [0.1, 0.15) is 44.2 Å². The second-order valence-corrected chi connectivity index (χ2v) is 9.17. The van der Waals surface area contributed by atoms with E-state index in [9.17, 15) is 9.59 Å². The molecule has 1 unspecified atom stereocenters. The van der Waals surface area contributed by atoms with Crippen LogP contribution in [0, 0.1) is 0 Å². The second kappa shape index (κ2) is 10.0. The lowest BCUT2D eigenvalue weighted by atomic mass is 10.0. The Bertz CT molecular complexity index is 937. The van der Waals surface area contributed by atoms with Gasteiger partial charge in [0.2, 0.25) is 5.91 Å². The molecule has 1 aromatic heterocycles. The fourth-order valence-electron chi connectivity index (χ4n) is 3.10. The first-order chi connectivity index (χ1) is 14.4. The molecular formula is C22H26N4O2S2. The molecule has 3 rings (SSSR count).